The van der Waals surface area contributed by atoms with Gasteiger partial charge in [0.1, 0.15) is 5.56 Å². The van der Waals surface area contributed by atoms with E-state index < -0.39 is 18.0 Å². The Balaban J connectivity index is 2.10. The number of nitrogens with one attached hydrogen (secondary N) is 1. The third-order valence-corrected chi connectivity index (χ3v) is 2.53. The van der Waals surface area contributed by atoms with Gasteiger partial charge >= 0.3 is 5.97 Å². The maximum Gasteiger partial charge on any atom is 0.334 e. The summed E-state index contributed by atoms with van der Waals surface area (Å²) >= 11 is 0. The molecule has 0 spiro atoms. The molecule has 2 aromatic rings. The lowest BCUT2D eigenvalue weighted by molar-refractivity contribution is -0.147. The molecule has 100 valence electrons. The van der Waals surface area contributed by atoms with E-state index in [1.54, 1.807) is 18.5 Å². The minimum absolute atomic E-state index is 0.130. The van der Waals surface area contributed by atoms with Crippen LogP contribution < -0.4 is 5.32 Å². The molecule has 0 saturated carbocycles. The lowest BCUT2D eigenvalue weighted by Gasteiger charge is -2.10. The first kappa shape index (κ1) is 13.0. The molecule has 0 radical (unpaired) electrons. The molecule has 2 aromatic heterocycles. The summed E-state index contributed by atoms with van der Waals surface area (Å²) in [5.74, 6) is -1.59. The molecule has 0 bridgehead atoms. The van der Waals surface area contributed by atoms with Crippen molar-refractivity contribution in [1.82, 2.24) is 19.9 Å². The molecular formula is C11H12N4O4. The molecule has 1 amide bonds. The minimum Gasteiger partial charge on any atom is -0.479 e. The van der Waals surface area contributed by atoms with Gasteiger partial charge in [0.2, 0.25) is 0 Å². The van der Waals surface area contributed by atoms with Gasteiger partial charge in [-0.3, -0.25) is 4.79 Å². The van der Waals surface area contributed by atoms with Crippen LogP contribution in [0.5, 0.6) is 0 Å². The van der Waals surface area contributed by atoms with Crippen LogP contribution in [-0.2, 0) is 9.53 Å². The predicted molar refractivity (Wildman–Crippen MR) is 63.8 cm³/mol. The van der Waals surface area contributed by atoms with Crippen LogP contribution in [0.2, 0.25) is 0 Å². The first-order valence-corrected chi connectivity index (χ1v) is 5.45. The number of carbonyl (C=O) groups is 2. The molecule has 0 aliphatic heterocycles. The fraction of sp³-hybridized carbons (Fsp3) is 0.273. The van der Waals surface area contributed by atoms with Gasteiger partial charge in [-0.25, -0.2) is 14.3 Å². The highest BCUT2D eigenvalue weighted by atomic mass is 16.5. The highest BCUT2D eigenvalue weighted by Gasteiger charge is 2.19. The smallest absolute Gasteiger partial charge is 0.334 e. The molecule has 0 aliphatic rings. The number of aliphatic carboxylic acids is 1. The number of nitrogens with zero attached hydrogens (tertiary/aromatic N) is 3. The molecule has 2 heterocycles. The van der Waals surface area contributed by atoms with E-state index >= 15 is 0 Å². The van der Waals surface area contributed by atoms with Gasteiger partial charge in [0.25, 0.3) is 5.91 Å². The number of methoxy groups -OCH3 is 1. The molecule has 1 atom stereocenters. The summed E-state index contributed by atoms with van der Waals surface area (Å²) in [5, 5.41) is 15.2. The van der Waals surface area contributed by atoms with Gasteiger partial charge in [0.05, 0.1) is 12.7 Å². The zero-order valence-electron chi connectivity index (χ0n) is 10.1. The quantitative estimate of drug-likeness (QED) is 0.758. The molecule has 0 aliphatic carbocycles. The van der Waals surface area contributed by atoms with E-state index in [-0.39, 0.29) is 12.1 Å². The maximum atomic E-state index is 11.9. The summed E-state index contributed by atoms with van der Waals surface area (Å²) in [4.78, 5) is 26.7. The Bertz CT molecular complexity index is 610. The summed E-state index contributed by atoms with van der Waals surface area (Å²) in [6.07, 6.45) is 3.50. The Morgan fingerprint density at radius 2 is 2.37 bits per heavy atom. The Kier molecular flexibility index (Phi) is 3.71. The highest BCUT2D eigenvalue weighted by molar-refractivity contribution is 5.99. The molecule has 8 heteroatoms. The Labute approximate surface area is 108 Å². The van der Waals surface area contributed by atoms with Crippen molar-refractivity contribution in [2.24, 2.45) is 0 Å². The number of rotatable bonds is 5. The van der Waals surface area contributed by atoms with Gasteiger partial charge in [0, 0.05) is 19.5 Å². The molecule has 19 heavy (non-hydrogen) atoms. The number of amides is 1. The van der Waals surface area contributed by atoms with E-state index in [1.165, 1.54) is 17.8 Å². The number of hydrogen-bond acceptors (Lipinski definition) is 5. The summed E-state index contributed by atoms with van der Waals surface area (Å²) in [5.41, 5.74) is 0.685. The van der Waals surface area contributed by atoms with Crippen LogP contribution >= 0.6 is 0 Å². The van der Waals surface area contributed by atoms with E-state index in [0.717, 1.165) is 0 Å². The topological polar surface area (TPSA) is 106 Å². The zero-order chi connectivity index (χ0) is 13.8. The summed E-state index contributed by atoms with van der Waals surface area (Å²) < 4.78 is 6.17. The predicted octanol–water partition coefficient (Wildman–Crippen LogP) is -0.441. The second-order valence-electron chi connectivity index (χ2n) is 3.72. The molecule has 0 saturated heterocycles. The van der Waals surface area contributed by atoms with Crippen molar-refractivity contribution in [3.05, 3.63) is 30.2 Å². The van der Waals surface area contributed by atoms with Crippen LogP contribution in [0, 0.1) is 0 Å². The van der Waals surface area contributed by atoms with Crippen LogP contribution in [0.25, 0.3) is 5.65 Å². The SMILES string of the molecule is COC(CNC(=O)c1cnn2cccnc12)C(=O)O. The molecule has 1 unspecified atom stereocenters. The highest BCUT2D eigenvalue weighted by Crippen LogP contribution is 2.06. The zero-order valence-corrected chi connectivity index (χ0v) is 10.1. The van der Waals surface area contributed by atoms with Gasteiger partial charge in [-0.15, -0.1) is 0 Å². The average Bonchev–Trinajstić information content (AvgIpc) is 2.82. The summed E-state index contributed by atoms with van der Waals surface area (Å²) in [6, 6.07) is 1.69. The average molecular weight is 264 g/mol. The largest absolute Gasteiger partial charge is 0.479 e. The molecule has 0 fully saturated rings. The number of ether oxygens (including phenoxy) is 1. The molecule has 0 aromatic carbocycles. The van der Waals surface area contributed by atoms with Crippen molar-refractivity contribution < 1.29 is 19.4 Å². The maximum absolute atomic E-state index is 11.9. The third-order valence-electron chi connectivity index (χ3n) is 2.53. The molecule has 2 rings (SSSR count). The number of aromatic nitrogens is 3. The van der Waals surface area contributed by atoms with Crippen LogP contribution in [0.15, 0.2) is 24.7 Å². The third kappa shape index (κ3) is 2.68. The first-order chi connectivity index (χ1) is 9.13. The summed E-state index contributed by atoms with van der Waals surface area (Å²) in [7, 11) is 1.27. The Hall–Kier alpha value is -2.48. The monoisotopic (exact) mass is 264 g/mol. The lowest BCUT2D eigenvalue weighted by atomic mass is 10.3. The second-order valence-corrected chi connectivity index (χ2v) is 3.72. The van der Waals surface area contributed by atoms with Gasteiger partial charge in [-0.1, -0.05) is 0 Å². The standard InChI is InChI=1S/C11H12N4O4/c1-19-8(11(17)18)6-13-10(16)7-5-14-15-4-2-3-12-9(7)15/h2-5,8H,6H2,1H3,(H,13,16)(H,17,18). The van der Waals surface area contributed by atoms with Gasteiger partial charge in [-0.2, -0.15) is 5.10 Å². The lowest BCUT2D eigenvalue weighted by Crippen LogP contribution is -2.37. The number of carboxylic acid groups (broad SMARTS) is 1. The Morgan fingerprint density at radius 3 is 3.05 bits per heavy atom. The molecule has 2 N–H and O–H groups in total. The number of carbonyl (C=O) groups excluding carboxylic acids is 1. The van der Waals surface area contributed by atoms with Gasteiger partial charge in [-0.05, 0) is 6.07 Å². The normalized spacial score (nSPS) is 12.3. The van der Waals surface area contributed by atoms with Crippen LogP contribution in [-0.4, -0.2) is 51.3 Å². The van der Waals surface area contributed by atoms with Gasteiger partial charge in [0.15, 0.2) is 11.8 Å². The van der Waals surface area contributed by atoms with Crippen molar-refractivity contribution >= 4 is 17.5 Å². The van der Waals surface area contributed by atoms with Crippen molar-refractivity contribution in [2.45, 2.75) is 6.10 Å². The fourth-order valence-electron chi connectivity index (χ4n) is 1.54. The van der Waals surface area contributed by atoms with E-state index in [4.69, 9.17) is 9.84 Å². The van der Waals surface area contributed by atoms with Crippen LogP contribution in [0.3, 0.4) is 0 Å². The van der Waals surface area contributed by atoms with Crippen molar-refractivity contribution in [2.75, 3.05) is 13.7 Å². The van der Waals surface area contributed by atoms with Crippen molar-refractivity contribution in [3.8, 4) is 0 Å². The number of hydrogen-bond donors (Lipinski definition) is 2. The number of fused-ring (bicyclic) bond motifs is 1. The fourth-order valence-corrected chi connectivity index (χ4v) is 1.54. The Morgan fingerprint density at radius 1 is 1.58 bits per heavy atom. The van der Waals surface area contributed by atoms with E-state index in [2.05, 4.69) is 15.4 Å². The van der Waals surface area contributed by atoms with Crippen LogP contribution in [0.1, 0.15) is 10.4 Å². The summed E-state index contributed by atoms with van der Waals surface area (Å²) in [6.45, 7) is -0.130. The van der Waals surface area contributed by atoms with Gasteiger partial charge < -0.3 is 15.2 Å². The molecule has 8 nitrogen and oxygen atoms in total. The minimum atomic E-state index is -1.14. The first-order valence-electron chi connectivity index (χ1n) is 5.45. The van der Waals surface area contributed by atoms with E-state index in [0.29, 0.717) is 5.65 Å². The van der Waals surface area contributed by atoms with E-state index in [9.17, 15) is 9.59 Å². The van der Waals surface area contributed by atoms with Crippen molar-refractivity contribution in [3.63, 3.8) is 0 Å². The van der Waals surface area contributed by atoms with Crippen LogP contribution in [0.4, 0.5) is 0 Å². The molecular weight excluding hydrogens is 252 g/mol. The van der Waals surface area contributed by atoms with Crippen molar-refractivity contribution in [1.29, 1.82) is 0 Å². The second kappa shape index (κ2) is 5.44. The van der Waals surface area contributed by atoms with E-state index in [1.807, 2.05) is 0 Å². The number of carboxylic acids is 1.